The number of hydrogen-bond donors (Lipinski definition) is 3. The number of rotatable bonds is 5. The second kappa shape index (κ2) is 7.87. The number of nitrogens with one attached hydrogen (secondary N) is 2. The zero-order valence-electron chi connectivity index (χ0n) is 12.4. The largest absolute Gasteiger partial charge is 0.361 e. The lowest BCUT2D eigenvalue weighted by Gasteiger charge is -2.26. The molecule has 2 rings (SSSR count). The molecule has 22 heavy (non-hydrogen) atoms. The highest BCUT2D eigenvalue weighted by Crippen LogP contribution is 2.12. The molecule has 1 heterocycles. The summed E-state index contributed by atoms with van der Waals surface area (Å²) in [4.78, 5) is 2.52. The van der Waals surface area contributed by atoms with E-state index in [1.54, 1.807) is 12.1 Å². The Morgan fingerprint density at radius 1 is 1.18 bits per heavy atom. The summed E-state index contributed by atoms with van der Waals surface area (Å²) in [5.41, 5.74) is 0.725. The molecular formula is C14H22N4O2S2. The first-order valence-corrected chi connectivity index (χ1v) is 9.31. The van der Waals surface area contributed by atoms with E-state index in [-0.39, 0.29) is 4.90 Å². The van der Waals surface area contributed by atoms with E-state index in [0.717, 1.165) is 31.9 Å². The summed E-state index contributed by atoms with van der Waals surface area (Å²) in [5.74, 6) is 0. The Kier molecular flexibility index (Phi) is 6.13. The predicted octanol–water partition coefficient (Wildman–Crippen LogP) is 1.11. The number of primary sulfonamides is 1. The van der Waals surface area contributed by atoms with Gasteiger partial charge in [0.2, 0.25) is 10.0 Å². The van der Waals surface area contributed by atoms with Crippen LogP contribution in [-0.2, 0) is 10.0 Å². The molecule has 0 spiro atoms. The van der Waals surface area contributed by atoms with Gasteiger partial charge in [0.15, 0.2) is 5.11 Å². The summed E-state index contributed by atoms with van der Waals surface area (Å²) in [6.45, 7) is 4.10. The van der Waals surface area contributed by atoms with Crippen LogP contribution in [0, 0.1) is 0 Å². The molecule has 0 amide bonds. The van der Waals surface area contributed by atoms with E-state index in [1.165, 1.54) is 31.4 Å². The van der Waals surface area contributed by atoms with Crippen LogP contribution in [-0.4, -0.2) is 44.6 Å². The van der Waals surface area contributed by atoms with Gasteiger partial charge in [-0.25, -0.2) is 13.6 Å². The van der Waals surface area contributed by atoms with Gasteiger partial charge >= 0.3 is 0 Å². The minimum absolute atomic E-state index is 0.0852. The molecule has 122 valence electrons. The standard InChI is InChI=1S/C14H22N4O2S2/c15-22(19,20)13-6-4-12(5-7-13)17-14(21)16-8-11-18-9-2-1-3-10-18/h4-7H,1-3,8-11H2,(H2,15,19,20)(H2,16,17,21). The van der Waals surface area contributed by atoms with Gasteiger partial charge in [-0.15, -0.1) is 0 Å². The molecule has 4 N–H and O–H groups in total. The van der Waals surface area contributed by atoms with Crippen LogP contribution >= 0.6 is 12.2 Å². The molecule has 1 fully saturated rings. The maximum absolute atomic E-state index is 11.2. The van der Waals surface area contributed by atoms with E-state index in [1.807, 2.05) is 0 Å². The molecule has 6 nitrogen and oxygen atoms in total. The number of benzene rings is 1. The Balaban J connectivity index is 1.74. The molecule has 0 saturated carbocycles. The number of thiocarbonyl (C=S) groups is 1. The monoisotopic (exact) mass is 342 g/mol. The molecule has 0 unspecified atom stereocenters. The average Bonchev–Trinajstić information content (AvgIpc) is 2.48. The Morgan fingerprint density at radius 2 is 1.82 bits per heavy atom. The Bertz CT molecular complexity index is 596. The molecule has 0 radical (unpaired) electrons. The van der Waals surface area contributed by atoms with Crippen LogP contribution in [0.4, 0.5) is 5.69 Å². The first kappa shape index (κ1) is 17.1. The third kappa shape index (κ3) is 5.53. The van der Waals surface area contributed by atoms with Crippen LogP contribution in [0.2, 0.25) is 0 Å². The molecule has 0 aromatic heterocycles. The van der Waals surface area contributed by atoms with E-state index < -0.39 is 10.0 Å². The lowest BCUT2D eigenvalue weighted by atomic mass is 10.1. The molecule has 0 aliphatic carbocycles. The van der Waals surface area contributed by atoms with Gasteiger partial charge in [0.05, 0.1) is 4.90 Å². The highest BCUT2D eigenvalue weighted by Gasteiger charge is 2.09. The molecule has 1 aliphatic heterocycles. The zero-order valence-corrected chi connectivity index (χ0v) is 14.0. The maximum atomic E-state index is 11.2. The Morgan fingerprint density at radius 3 is 2.41 bits per heavy atom. The van der Waals surface area contributed by atoms with Gasteiger partial charge in [0, 0.05) is 18.8 Å². The summed E-state index contributed by atoms with van der Waals surface area (Å²) < 4.78 is 22.3. The van der Waals surface area contributed by atoms with Gasteiger partial charge in [-0.1, -0.05) is 6.42 Å². The van der Waals surface area contributed by atoms with Gasteiger partial charge in [0.25, 0.3) is 0 Å². The minimum atomic E-state index is -3.66. The highest BCUT2D eigenvalue weighted by atomic mass is 32.2. The molecule has 0 bridgehead atoms. The number of piperidine rings is 1. The summed E-state index contributed by atoms with van der Waals surface area (Å²) in [7, 11) is -3.66. The average molecular weight is 342 g/mol. The van der Waals surface area contributed by atoms with E-state index in [2.05, 4.69) is 15.5 Å². The predicted molar refractivity (Wildman–Crippen MR) is 92.3 cm³/mol. The second-order valence-electron chi connectivity index (χ2n) is 5.35. The van der Waals surface area contributed by atoms with Crippen LogP contribution in [0.1, 0.15) is 19.3 Å². The number of anilines is 1. The summed E-state index contributed by atoms with van der Waals surface area (Å²) in [5, 5.41) is 11.8. The van der Waals surface area contributed by atoms with Crippen LogP contribution < -0.4 is 15.8 Å². The van der Waals surface area contributed by atoms with Crippen molar-refractivity contribution in [1.82, 2.24) is 10.2 Å². The molecule has 1 aliphatic rings. The van der Waals surface area contributed by atoms with E-state index in [4.69, 9.17) is 17.4 Å². The lowest BCUT2D eigenvalue weighted by Crippen LogP contribution is -2.39. The number of nitrogens with two attached hydrogens (primary N) is 1. The third-order valence-corrected chi connectivity index (χ3v) is 4.78. The normalized spacial score (nSPS) is 16.2. The fraction of sp³-hybridized carbons (Fsp3) is 0.500. The van der Waals surface area contributed by atoms with Crippen molar-refractivity contribution >= 4 is 33.0 Å². The first-order valence-electron chi connectivity index (χ1n) is 7.35. The van der Waals surface area contributed by atoms with Gasteiger partial charge in [-0.05, 0) is 62.4 Å². The van der Waals surface area contributed by atoms with Crippen LogP contribution in [0.3, 0.4) is 0 Å². The van der Waals surface area contributed by atoms with Crippen molar-refractivity contribution in [2.45, 2.75) is 24.2 Å². The molecular weight excluding hydrogens is 320 g/mol. The number of hydrogen-bond acceptors (Lipinski definition) is 4. The van der Waals surface area contributed by atoms with Gasteiger partial charge in [-0.2, -0.15) is 0 Å². The highest BCUT2D eigenvalue weighted by molar-refractivity contribution is 7.89. The van der Waals surface area contributed by atoms with Crippen LogP contribution in [0.15, 0.2) is 29.2 Å². The maximum Gasteiger partial charge on any atom is 0.238 e. The minimum Gasteiger partial charge on any atom is -0.361 e. The fourth-order valence-electron chi connectivity index (χ4n) is 2.41. The van der Waals surface area contributed by atoms with Gasteiger partial charge in [-0.3, -0.25) is 0 Å². The summed E-state index contributed by atoms with van der Waals surface area (Å²) in [6.07, 6.45) is 3.89. The summed E-state index contributed by atoms with van der Waals surface area (Å²) >= 11 is 5.23. The SMILES string of the molecule is NS(=O)(=O)c1ccc(NC(=S)NCCN2CCCCC2)cc1. The van der Waals surface area contributed by atoms with Crippen LogP contribution in [0.25, 0.3) is 0 Å². The zero-order chi connectivity index (χ0) is 16.0. The molecule has 1 aromatic rings. The van der Waals surface area contributed by atoms with Gasteiger partial charge in [0.1, 0.15) is 0 Å². The van der Waals surface area contributed by atoms with Crippen molar-refractivity contribution in [3.8, 4) is 0 Å². The molecule has 8 heteroatoms. The topological polar surface area (TPSA) is 87.5 Å². The van der Waals surface area contributed by atoms with E-state index in [0.29, 0.717) is 5.11 Å². The van der Waals surface area contributed by atoms with Crippen molar-refractivity contribution in [3.05, 3.63) is 24.3 Å². The van der Waals surface area contributed by atoms with Crippen molar-refractivity contribution in [3.63, 3.8) is 0 Å². The van der Waals surface area contributed by atoms with Crippen molar-refractivity contribution < 1.29 is 8.42 Å². The third-order valence-electron chi connectivity index (χ3n) is 3.60. The van der Waals surface area contributed by atoms with E-state index in [9.17, 15) is 8.42 Å². The van der Waals surface area contributed by atoms with Crippen molar-refractivity contribution in [1.29, 1.82) is 0 Å². The number of likely N-dealkylation sites (tertiary alicyclic amines) is 1. The molecule has 1 aromatic carbocycles. The summed E-state index contributed by atoms with van der Waals surface area (Å²) in [6, 6.07) is 6.18. The number of nitrogens with zero attached hydrogens (tertiary/aromatic N) is 1. The molecule has 1 saturated heterocycles. The Hall–Kier alpha value is -1.22. The lowest BCUT2D eigenvalue weighted by molar-refractivity contribution is 0.232. The fourth-order valence-corrected chi connectivity index (χ4v) is 3.15. The van der Waals surface area contributed by atoms with Crippen molar-refractivity contribution in [2.75, 3.05) is 31.5 Å². The quantitative estimate of drug-likeness (QED) is 0.695. The number of sulfonamides is 1. The van der Waals surface area contributed by atoms with Gasteiger partial charge < -0.3 is 15.5 Å². The first-order chi connectivity index (χ1) is 10.4. The molecule has 0 atom stereocenters. The second-order valence-corrected chi connectivity index (χ2v) is 7.32. The van der Waals surface area contributed by atoms with Crippen LogP contribution in [0.5, 0.6) is 0 Å². The van der Waals surface area contributed by atoms with Crippen molar-refractivity contribution in [2.24, 2.45) is 5.14 Å². The van der Waals surface area contributed by atoms with E-state index >= 15 is 0 Å². The smallest absolute Gasteiger partial charge is 0.238 e. The Labute approximate surface area is 137 Å².